The van der Waals surface area contributed by atoms with Gasteiger partial charge >= 0.3 is 0 Å². The lowest BCUT2D eigenvalue weighted by molar-refractivity contribution is 0.0893. The van der Waals surface area contributed by atoms with E-state index in [9.17, 15) is 9.59 Å². The van der Waals surface area contributed by atoms with Gasteiger partial charge in [0.1, 0.15) is 11.5 Å². The molecule has 0 aliphatic carbocycles. The predicted molar refractivity (Wildman–Crippen MR) is 124 cm³/mol. The maximum atomic E-state index is 13.3. The maximum Gasteiger partial charge on any atom is 0.265 e. The number of hydrogen-bond donors (Lipinski definition) is 0. The van der Waals surface area contributed by atoms with Gasteiger partial charge in [0.15, 0.2) is 0 Å². The Labute approximate surface area is 185 Å². The van der Waals surface area contributed by atoms with Gasteiger partial charge in [-0.25, -0.2) is 4.90 Å². The van der Waals surface area contributed by atoms with Gasteiger partial charge in [-0.05, 0) is 60.7 Å². The molecule has 4 nitrogen and oxygen atoms in total. The number of anilines is 1. The second-order valence-electron chi connectivity index (χ2n) is 7.25. The number of hydrogen-bond acceptors (Lipinski definition) is 3. The van der Waals surface area contributed by atoms with Crippen LogP contribution in [-0.4, -0.2) is 11.8 Å². The number of imide groups is 1. The van der Waals surface area contributed by atoms with Crippen LogP contribution in [0.15, 0.2) is 78.9 Å². The number of terminal acetylenes is 2. The van der Waals surface area contributed by atoms with E-state index < -0.39 is 11.8 Å². The Balaban J connectivity index is 1.62. The lowest BCUT2D eigenvalue weighted by Crippen LogP contribution is -2.40. The Bertz CT molecular complexity index is 1480. The zero-order valence-electron chi connectivity index (χ0n) is 16.8. The van der Waals surface area contributed by atoms with Crippen LogP contribution in [0.2, 0.25) is 0 Å². The third-order valence-electron chi connectivity index (χ3n) is 5.39. The Kier molecular flexibility index (Phi) is 4.48. The summed E-state index contributed by atoms with van der Waals surface area (Å²) in [6.45, 7) is 0. The van der Waals surface area contributed by atoms with Crippen LogP contribution >= 0.6 is 0 Å². The van der Waals surface area contributed by atoms with Crippen molar-refractivity contribution in [1.82, 2.24) is 0 Å². The largest absolute Gasteiger partial charge is 0.457 e. The smallest absolute Gasteiger partial charge is 0.265 e. The van der Waals surface area contributed by atoms with E-state index in [4.69, 9.17) is 17.6 Å². The maximum absolute atomic E-state index is 13.3. The molecule has 0 saturated heterocycles. The molecule has 0 aromatic heterocycles. The first-order valence-corrected chi connectivity index (χ1v) is 9.86. The zero-order chi connectivity index (χ0) is 22.2. The van der Waals surface area contributed by atoms with Crippen molar-refractivity contribution in [3.8, 4) is 36.2 Å². The van der Waals surface area contributed by atoms with Crippen LogP contribution in [-0.2, 0) is 0 Å². The second kappa shape index (κ2) is 7.47. The molecule has 2 amide bonds. The normalized spacial score (nSPS) is 12.4. The molecular formula is C28H15NO3. The molecular weight excluding hydrogens is 398 g/mol. The fourth-order valence-corrected chi connectivity index (χ4v) is 3.87. The van der Waals surface area contributed by atoms with Crippen LogP contribution in [0.3, 0.4) is 0 Å². The van der Waals surface area contributed by atoms with Gasteiger partial charge in [0.25, 0.3) is 11.8 Å². The summed E-state index contributed by atoms with van der Waals surface area (Å²) >= 11 is 0. The summed E-state index contributed by atoms with van der Waals surface area (Å²) in [4.78, 5) is 27.9. The number of benzene rings is 4. The van der Waals surface area contributed by atoms with Gasteiger partial charge in [0, 0.05) is 33.0 Å². The molecule has 5 rings (SSSR count). The van der Waals surface area contributed by atoms with Crippen LogP contribution in [0.25, 0.3) is 10.8 Å². The summed E-state index contributed by atoms with van der Waals surface area (Å²) < 4.78 is 6.06. The fraction of sp³-hybridized carbons (Fsp3) is 0. The highest BCUT2D eigenvalue weighted by Crippen LogP contribution is 2.38. The molecule has 0 saturated carbocycles. The molecule has 1 aliphatic rings. The van der Waals surface area contributed by atoms with Crippen molar-refractivity contribution >= 4 is 28.3 Å². The van der Waals surface area contributed by atoms with E-state index >= 15 is 0 Å². The molecule has 0 unspecified atom stereocenters. The predicted octanol–water partition coefficient (Wildman–Crippen LogP) is 5.40. The number of rotatable bonds is 3. The highest BCUT2D eigenvalue weighted by Gasteiger charge is 2.34. The lowest BCUT2D eigenvalue weighted by Gasteiger charge is -2.27. The van der Waals surface area contributed by atoms with Crippen molar-refractivity contribution in [2.75, 3.05) is 4.90 Å². The van der Waals surface area contributed by atoms with Gasteiger partial charge in [-0.2, -0.15) is 0 Å². The fourth-order valence-electron chi connectivity index (χ4n) is 3.87. The van der Waals surface area contributed by atoms with Crippen molar-refractivity contribution in [3.63, 3.8) is 0 Å². The minimum atomic E-state index is -0.405. The minimum absolute atomic E-state index is 0.405. The van der Waals surface area contributed by atoms with E-state index in [0.717, 1.165) is 10.5 Å². The highest BCUT2D eigenvalue weighted by atomic mass is 16.5. The molecule has 4 aromatic carbocycles. The van der Waals surface area contributed by atoms with E-state index in [2.05, 4.69) is 11.8 Å². The molecule has 1 heterocycles. The molecule has 4 heteroatoms. The van der Waals surface area contributed by atoms with Gasteiger partial charge in [0.05, 0.1) is 5.69 Å². The average molecular weight is 413 g/mol. The second-order valence-corrected chi connectivity index (χ2v) is 7.25. The molecule has 0 bridgehead atoms. The van der Waals surface area contributed by atoms with E-state index in [0.29, 0.717) is 44.6 Å². The molecule has 0 spiro atoms. The van der Waals surface area contributed by atoms with E-state index in [1.807, 2.05) is 6.07 Å². The van der Waals surface area contributed by atoms with Crippen LogP contribution in [0.5, 0.6) is 11.5 Å². The lowest BCUT2D eigenvalue weighted by atomic mass is 9.93. The average Bonchev–Trinajstić information content (AvgIpc) is 2.84. The Morgan fingerprint density at radius 2 is 1.41 bits per heavy atom. The SMILES string of the molecule is C#Cc1ccc(Oc2ccc3c4c(cccc24)C(=O)N(c2cccc(C#C)c2)C3=O)cc1. The van der Waals surface area contributed by atoms with E-state index in [1.54, 1.807) is 72.8 Å². The first-order valence-electron chi connectivity index (χ1n) is 9.86. The Morgan fingerprint density at radius 3 is 2.12 bits per heavy atom. The van der Waals surface area contributed by atoms with Gasteiger partial charge in [-0.15, -0.1) is 12.8 Å². The molecule has 0 fully saturated rings. The third kappa shape index (κ3) is 2.99. The summed E-state index contributed by atoms with van der Waals surface area (Å²) in [7, 11) is 0. The third-order valence-corrected chi connectivity index (χ3v) is 5.39. The first kappa shape index (κ1) is 19.2. The number of carbonyl (C=O) groups is 2. The van der Waals surface area contributed by atoms with Crippen molar-refractivity contribution in [2.45, 2.75) is 0 Å². The van der Waals surface area contributed by atoms with Crippen molar-refractivity contribution < 1.29 is 14.3 Å². The first-order chi connectivity index (χ1) is 15.6. The van der Waals surface area contributed by atoms with Gasteiger partial charge in [-0.3, -0.25) is 9.59 Å². The molecule has 0 atom stereocenters. The molecule has 0 N–H and O–H groups in total. The van der Waals surface area contributed by atoms with Crippen molar-refractivity contribution in [2.24, 2.45) is 0 Å². The Hall–Kier alpha value is -4.80. The van der Waals surface area contributed by atoms with Crippen molar-refractivity contribution in [3.05, 3.63) is 101 Å². The topological polar surface area (TPSA) is 46.6 Å². The van der Waals surface area contributed by atoms with Gasteiger partial charge < -0.3 is 4.74 Å². The van der Waals surface area contributed by atoms with Crippen LogP contribution < -0.4 is 9.64 Å². The van der Waals surface area contributed by atoms with Crippen LogP contribution in [0.4, 0.5) is 5.69 Å². The standard InChI is InChI=1S/C28H15NO3/c1-3-18-11-13-21(14-12-18)32-25-16-15-24-26-22(25)9-6-10-23(26)27(30)29(28(24)31)20-8-5-7-19(4-2)17-20/h1-2,5-17H. The zero-order valence-corrected chi connectivity index (χ0v) is 16.8. The highest BCUT2D eigenvalue weighted by molar-refractivity contribution is 6.36. The van der Waals surface area contributed by atoms with Gasteiger partial charge in [0.2, 0.25) is 0 Å². The number of ether oxygens (including phenoxy) is 1. The Morgan fingerprint density at radius 1 is 0.719 bits per heavy atom. The van der Waals surface area contributed by atoms with Gasteiger partial charge in [-0.1, -0.05) is 30.0 Å². The summed E-state index contributed by atoms with van der Waals surface area (Å²) in [5.41, 5.74) is 2.63. The van der Waals surface area contributed by atoms with E-state index in [1.165, 1.54) is 0 Å². The summed E-state index contributed by atoms with van der Waals surface area (Å²) in [6, 6.07) is 22.7. The molecule has 0 radical (unpaired) electrons. The molecule has 4 aromatic rings. The molecule has 32 heavy (non-hydrogen) atoms. The molecule has 150 valence electrons. The summed E-state index contributed by atoms with van der Waals surface area (Å²) in [5.74, 6) is 5.44. The summed E-state index contributed by atoms with van der Waals surface area (Å²) in [6.07, 6.45) is 10.9. The minimum Gasteiger partial charge on any atom is -0.457 e. The van der Waals surface area contributed by atoms with Crippen molar-refractivity contribution in [1.29, 1.82) is 0 Å². The number of amides is 2. The quantitative estimate of drug-likeness (QED) is 0.334. The monoisotopic (exact) mass is 413 g/mol. The summed E-state index contributed by atoms with van der Waals surface area (Å²) in [5, 5.41) is 1.25. The molecule has 1 aliphatic heterocycles. The van der Waals surface area contributed by atoms with Crippen LogP contribution in [0, 0.1) is 24.7 Å². The van der Waals surface area contributed by atoms with E-state index in [-0.39, 0.29) is 0 Å². The number of nitrogens with zero attached hydrogens (tertiary/aromatic N) is 1. The van der Waals surface area contributed by atoms with Crippen LogP contribution in [0.1, 0.15) is 31.8 Å². The number of carbonyl (C=O) groups excluding carboxylic acids is 2.